The van der Waals surface area contributed by atoms with Gasteiger partial charge in [0.2, 0.25) is 11.6 Å². The van der Waals surface area contributed by atoms with Crippen LogP contribution in [0.4, 0.5) is 17.3 Å². The molecule has 1 heterocycles. The average molecular weight is 289 g/mol. The maximum Gasteiger partial charge on any atom is 0.353 e. The normalized spacial score (nSPS) is 35.4. The van der Waals surface area contributed by atoms with E-state index < -0.39 is 4.92 Å². The summed E-state index contributed by atoms with van der Waals surface area (Å²) in [5, 5.41) is 17.6. The summed E-state index contributed by atoms with van der Waals surface area (Å²) in [5.41, 5.74) is -0.0309. The molecule has 1 aromatic rings. The molecule has 0 amide bonds. The minimum Gasteiger partial charge on any atom is -0.364 e. The van der Waals surface area contributed by atoms with Gasteiger partial charge in [-0.3, -0.25) is 10.1 Å². The second-order valence-corrected chi connectivity index (χ2v) is 6.36. The molecule has 1 aromatic heterocycles. The summed E-state index contributed by atoms with van der Waals surface area (Å²) in [6.45, 7) is 2.48. The van der Waals surface area contributed by atoms with Gasteiger partial charge in [0, 0.05) is 12.6 Å². The fourth-order valence-corrected chi connectivity index (χ4v) is 4.63. The summed E-state index contributed by atoms with van der Waals surface area (Å²) < 4.78 is 0. The lowest BCUT2D eigenvalue weighted by molar-refractivity contribution is -0.383. The number of rotatable bonds is 5. The zero-order chi connectivity index (χ0) is 14.6. The van der Waals surface area contributed by atoms with Crippen LogP contribution in [-0.4, -0.2) is 27.5 Å². The molecule has 3 fully saturated rings. The molecule has 0 spiro atoms. The van der Waals surface area contributed by atoms with Gasteiger partial charge in [-0.15, -0.1) is 0 Å². The van der Waals surface area contributed by atoms with Gasteiger partial charge in [-0.05, 0) is 49.9 Å². The van der Waals surface area contributed by atoms with Gasteiger partial charge in [-0.25, -0.2) is 9.97 Å². The van der Waals surface area contributed by atoms with Gasteiger partial charge in [-0.1, -0.05) is 0 Å². The predicted molar refractivity (Wildman–Crippen MR) is 78.1 cm³/mol. The predicted octanol–water partition coefficient (Wildman–Crippen LogP) is 2.27. The summed E-state index contributed by atoms with van der Waals surface area (Å²) in [4.78, 5) is 19.1. The lowest BCUT2D eigenvalue weighted by Gasteiger charge is -2.12. The first kappa shape index (κ1) is 12.8. The van der Waals surface area contributed by atoms with Crippen LogP contribution in [0.25, 0.3) is 0 Å². The molecule has 112 valence electrons. The number of aromatic nitrogens is 2. The van der Waals surface area contributed by atoms with Crippen molar-refractivity contribution in [2.75, 3.05) is 17.2 Å². The second kappa shape index (κ2) is 4.54. The minimum absolute atomic E-state index is 0.0309. The smallest absolute Gasteiger partial charge is 0.353 e. The van der Waals surface area contributed by atoms with Crippen molar-refractivity contribution in [2.24, 2.45) is 23.7 Å². The zero-order valence-corrected chi connectivity index (χ0v) is 12.0. The molecule has 3 saturated carbocycles. The third kappa shape index (κ3) is 1.86. The van der Waals surface area contributed by atoms with Gasteiger partial charge in [0.25, 0.3) is 0 Å². The first-order valence-electron chi connectivity index (χ1n) is 7.70. The molecule has 7 nitrogen and oxygen atoms in total. The van der Waals surface area contributed by atoms with Crippen molar-refractivity contribution in [3.63, 3.8) is 0 Å². The van der Waals surface area contributed by atoms with Gasteiger partial charge >= 0.3 is 5.69 Å². The molecule has 0 radical (unpaired) electrons. The van der Waals surface area contributed by atoms with E-state index in [1.54, 1.807) is 0 Å². The summed E-state index contributed by atoms with van der Waals surface area (Å²) in [6.07, 6.45) is 5.42. The lowest BCUT2D eigenvalue weighted by atomic mass is 10.0. The molecule has 21 heavy (non-hydrogen) atoms. The SMILES string of the molecule is CCNc1ncnc(NC2C3C4CCC(C4)C23)c1[N+](=O)[O-]. The maximum atomic E-state index is 11.4. The Balaban J connectivity index is 1.58. The molecule has 0 aliphatic heterocycles. The third-order valence-corrected chi connectivity index (χ3v) is 5.39. The zero-order valence-electron chi connectivity index (χ0n) is 12.0. The summed E-state index contributed by atoms with van der Waals surface area (Å²) >= 11 is 0. The molecule has 2 N–H and O–H groups in total. The highest BCUT2D eigenvalue weighted by molar-refractivity contribution is 5.70. The summed E-state index contributed by atoms with van der Waals surface area (Å²) in [7, 11) is 0. The highest BCUT2D eigenvalue weighted by Gasteiger charge is 2.65. The molecule has 0 aromatic carbocycles. The summed E-state index contributed by atoms with van der Waals surface area (Å²) in [5.74, 6) is 3.73. The Morgan fingerprint density at radius 3 is 2.57 bits per heavy atom. The van der Waals surface area contributed by atoms with Crippen molar-refractivity contribution < 1.29 is 4.92 Å². The van der Waals surface area contributed by atoms with Crippen LogP contribution in [0.2, 0.25) is 0 Å². The number of nitrogens with one attached hydrogen (secondary N) is 2. The molecule has 3 aliphatic carbocycles. The Bertz CT molecular complexity index is 577. The van der Waals surface area contributed by atoms with Crippen LogP contribution in [0.3, 0.4) is 0 Å². The highest BCUT2D eigenvalue weighted by Crippen LogP contribution is 2.66. The third-order valence-electron chi connectivity index (χ3n) is 5.39. The lowest BCUT2D eigenvalue weighted by Crippen LogP contribution is -2.16. The number of hydrogen-bond acceptors (Lipinski definition) is 6. The van der Waals surface area contributed by atoms with E-state index in [0.717, 1.165) is 11.8 Å². The second-order valence-electron chi connectivity index (χ2n) is 6.36. The number of hydrogen-bond donors (Lipinski definition) is 2. The van der Waals surface area contributed by atoms with E-state index >= 15 is 0 Å². The molecule has 3 aliphatic rings. The molecule has 4 atom stereocenters. The van der Waals surface area contributed by atoms with E-state index in [-0.39, 0.29) is 5.69 Å². The van der Waals surface area contributed by atoms with Gasteiger partial charge in [-0.2, -0.15) is 0 Å². The topological polar surface area (TPSA) is 93.0 Å². The van der Waals surface area contributed by atoms with E-state index in [1.807, 2.05) is 6.92 Å². The van der Waals surface area contributed by atoms with Gasteiger partial charge in [0.05, 0.1) is 4.92 Å². The van der Waals surface area contributed by atoms with Gasteiger partial charge in [0.1, 0.15) is 6.33 Å². The highest BCUT2D eigenvalue weighted by atomic mass is 16.6. The maximum absolute atomic E-state index is 11.4. The molecular weight excluding hydrogens is 270 g/mol. The Morgan fingerprint density at radius 1 is 1.29 bits per heavy atom. The van der Waals surface area contributed by atoms with Crippen LogP contribution in [-0.2, 0) is 0 Å². The molecule has 0 saturated heterocycles. The van der Waals surface area contributed by atoms with Crippen molar-refractivity contribution in [2.45, 2.75) is 32.2 Å². The Kier molecular flexibility index (Phi) is 2.77. The average Bonchev–Trinajstić information content (AvgIpc) is 2.84. The van der Waals surface area contributed by atoms with Crippen molar-refractivity contribution in [1.82, 2.24) is 9.97 Å². The van der Waals surface area contributed by atoms with Crippen LogP contribution in [0.1, 0.15) is 26.2 Å². The van der Waals surface area contributed by atoms with E-state index in [2.05, 4.69) is 20.6 Å². The Labute approximate surface area is 122 Å². The van der Waals surface area contributed by atoms with E-state index in [0.29, 0.717) is 36.1 Å². The van der Waals surface area contributed by atoms with Crippen molar-refractivity contribution >= 4 is 17.3 Å². The molecular formula is C14H19N5O2. The van der Waals surface area contributed by atoms with Crippen molar-refractivity contribution in [3.05, 3.63) is 16.4 Å². The van der Waals surface area contributed by atoms with Crippen LogP contribution in [0.15, 0.2) is 6.33 Å². The van der Waals surface area contributed by atoms with E-state index in [1.165, 1.54) is 25.6 Å². The quantitative estimate of drug-likeness (QED) is 0.638. The number of fused-ring (bicyclic) bond motifs is 5. The number of anilines is 2. The fraction of sp³-hybridized carbons (Fsp3) is 0.714. The van der Waals surface area contributed by atoms with Crippen LogP contribution in [0.5, 0.6) is 0 Å². The van der Waals surface area contributed by atoms with Crippen molar-refractivity contribution in [1.29, 1.82) is 0 Å². The largest absolute Gasteiger partial charge is 0.364 e. The first-order chi connectivity index (χ1) is 10.2. The minimum atomic E-state index is -0.396. The van der Waals surface area contributed by atoms with Gasteiger partial charge in [0.15, 0.2) is 0 Å². The van der Waals surface area contributed by atoms with Crippen LogP contribution >= 0.6 is 0 Å². The van der Waals surface area contributed by atoms with Crippen LogP contribution < -0.4 is 10.6 Å². The summed E-state index contributed by atoms with van der Waals surface area (Å²) in [6, 6.07) is 0.374. The number of nitro groups is 1. The van der Waals surface area contributed by atoms with Gasteiger partial charge < -0.3 is 10.6 Å². The van der Waals surface area contributed by atoms with Crippen LogP contribution in [0, 0.1) is 33.8 Å². The Morgan fingerprint density at radius 2 is 1.95 bits per heavy atom. The standard InChI is InChI=1S/C14H19N5O2/c1-2-15-13-12(19(20)21)14(17-6-16-13)18-11-9-7-3-4-8(5-7)10(9)11/h6-11H,2-5H2,1H3,(H2,15,16,17,18). The first-order valence-corrected chi connectivity index (χ1v) is 7.70. The fourth-order valence-electron chi connectivity index (χ4n) is 4.63. The monoisotopic (exact) mass is 289 g/mol. The molecule has 7 heteroatoms. The van der Waals surface area contributed by atoms with E-state index in [9.17, 15) is 10.1 Å². The number of nitrogens with zero attached hydrogens (tertiary/aromatic N) is 3. The molecule has 4 unspecified atom stereocenters. The molecule has 4 rings (SSSR count). The Hall–Kier alpha value is -1.92. The van der Waals surface area contributed by atoms with Crippen molar-refractivity contribution in [3.8, 4) is 0 Å². The van der Waals surface area contributed by atoms with E-state index in [4.69, 9.17) is 0 Å². The molecule has 2 bridgehead atoms.